The summed E-state index contributed by atoms with van der Waals surface area (Å²) in [4.78, 5) is 48.8. The molecule has 0 saturated carbocycles. The molecule has 2 heterocycles. The van der Waals surface area contributed by atoms with Crippen molar-refractivity contribution in [2.24, 2.45) is 5.92 Å². The van der Waals surface area contributed by atoms with Crippen molar-refractivity contribution in [3.63, 3.8) is 0 Å². The van der Waals surface area contributed by atoms with Crippen LogP contribution in [-0.4, -0.2) is 95.8 Å². The lowest BCUT2D eigenvalue weighted by Crippen LogP contribution is -2.54. The minimum absolute atomic E-state index is 0.0301. The van der Waals surface area contributed by atoms with Crippen molar-refractivity contribution in [2.45, 2.75) is 123 Å². The maximum atomic E-state index is 15.4. The Morgan fingerprint density at radius 2 is 1.62 bits per heavy atom. The van der Waals surface area contributed by atoms with Crippen LogP contribution in [-0.2, 0) is 34.8 Å². The van der Waals surface area contributed by atoms with Crippen LogP contribution in [0, 0.1) is 17.6 Å². The number of rotatable bonds is 13. The largest absolute Gasteiger partial charge is 0.453 e. The number of benzene rings is 2. The number of aromatic nitrogens is 2. The van der Waals surface area contributed by atoms with Gasteiger partial charge in [0.2, 0.25) is 0 Å². The van der Waals surface area contributed by atoms with Crippen LogP contribution in [0.3, 0.4) is 0 Å². The fraction of sp³-hybridized carbons (Fsp3) is 0.571. The molecule has 308 valence electrons. The molecule has 4 rings (SSSR count). The molecule has 0 N–H and O–H groups in total. The van der Waals surface area contributed by atoms with Crippen molar-refractivity contribution in [1.82, 2.24) is 19.4 Å². The third kappa shape index (κ3) is 10.8. The summed E-state index contributed by atoms with van der Waals surface area (Å²) in [6.07, 6.45) is -0.567. The van der Waals surface area contributed by atoms with Crippen molar-refractivity contribution in [1.29, 1.82) is 0 Å². The number of hydrogen-bond donors (Lipinski definition) is 0. The third-order valence-corrected chi connectivity index (χ3v) is 15.1. The van der Waals surface area contributed by atoms with E-state index in [1.807, 2.05) is 48.7 Å². The Morgan fingerprint density at radius 3 is 2.20 bits per heavy atom. The van der Waals surface area contributed by atoms with Gasteiger partial charge in [-0.15, -0.1) is 0 Å². The Hall–Kier alpha value is -4.14. The van der Waals surface area contributed by atoms with Crippen LogP contribution in [0.25, 0.3) is 11.3 Å². The number of amides is 2. The number of ether oxygens (including phenoxy) is 3. The smallest absolute Gasteiger partial charge is 0.410 e. The highest BCUT2D eigenvalue weighted by molar-refractivity contribution is 6.74. The van der Waals surface area contributed by atoms with Gasteiger partial charge >= 0.3 is 12.1 Å². The highest BCUT2D eigenvalue weighted by Crippen LogP contribution is 2.42. The summed E-state index contributed by atoms with van der Waals surface area (Å²) in [7, 11) is -0.915. The Bertz CT molecular complexity index is 1860. The van der Waals surface area contributed by atoms with Crippen molar-refractivity contribution in [3.05, 3.63) is 77.8 Å². The van der Waals surface area contributed by atoms with E-state index in [-0.39, 0.29) is 42.5 Å². The Balaban J connectivity index is 1.95. The molecular weight excluding hydrogens is 739 g/mol. The van der Waals surface area contributed by atoms with Gasteiger partial charge in [-0.05, 0) is 83.4 Å². The quantitative estimate of drug-likeness (QED) is 0.125. The van der Waals surface area contributed by atoms with Crippen LogP contribution in [0.2, 0.25) is 18.1 Å². The predicted octanol–water partition coefficient (Wildman–Crippen LogP) is 8.38. The molecule has 0 aliphatic carbocycles. The molecule has 56 heavy (non-hydrogen) atoms. The molecule has 3 aromatic rings. The number of methoxy groups -OCH3 is 1. The van der Waals surface area contributed by atoms with Crippen LogP contribution >= 0.6 is 0 Å². The zero-order chi connectivity index (χ0) is 42.0. The van der Waals surface area contributed by atoms with Gasteiger partial charge in [0.05, 0.1) is 17.4 Å². The maximum Gasteiger partial charge on any atom is 0.410 e. The summed E-state index contributed by atoms with van der Waals surface area (Å²) in [5, 5.41) is -0.165. The Kier molecular flexibility index (Phi) is 13.6. The van der Waals surface area contributed by atoms with Gasteiger partial charge in [0.1, 0.15) is 29.1 Å². The molecule has 1 aliphatic heterocycles. The summed E-state index contributed by atoms with van der Waals surface area (Å²) in [5.41, 5.74) is -0.910. The van der Waals surface area contributed by atoms with Gasteiger partial charge in [-0.2, -0.15) is 0 Å². The van der Waals surface area contributed by atoms with E-state index >= 15 is 4.39 Å². The first-order chi connectivity index (χ1) is 25.8. The van der Waals surface area contributed by atoms with E-state index < -0.39 is 73.3 Å². The van der Waals surface area contributed by atoms with Crippen LogP contribution < -0.4 is 0 Å². The van der Waals surface area contributed by atoms with E-state index in [2.05, 4.69) is 33.9 Å². The third-order valence-electron chi connectivity index (χ3n) is 10.6. The van der Waals surface area contributed by atoms with E-state index in [1.165, 1.54) is 21.0 Å². The molecule has 1 aromatic heterocycles. The molecule has 0 unspecified atom stereocenters. The summed E-state index contributed by atoms with van der Waals surface area (Å²) in [6, 6.07) is 11.7. The first-order valence-electron chi connectivity index (χ1n) is 19.1. The number of carbonyl (C=O) groups excluding carboxylic acids is 3. The molecule has 1 fully saturated rings. The Morgan fingerprint density at radius 1 is 0.982 bits per heavy atom. The van der Waals surface area contributed by atoms with Crippen molar-refractivity contribution in [2.75, 3.05) is 26.7 Å². The van der Waals surface area contributed by atoms with Crippen LogP contribution in [0.5, 0.6) is 0 Å². The zero-order valence-corrected chi connectivity index (χ0v) is 36.2. The molecular formula is C42H60F2N4O7Si. The molecule has 1 aliphatic rings. The van der Waals surface area contributed by atoms with Crippen molar-refractivity contribution in [3.8, 4) is 11.3 Å². The van der Waals surface area contributed by atoms with Crippen molar-refractivity contribution >= 4 is 26.3 Å². The second kappa shape index (κ2) is 17.1. The van der Waals surface area contributed by atoms with Gasteiger partial charge in [-0.25, -0.2) is 18.6 Å². The average Bonchev–Trinajstić information content (AvgIpc) is 3.67. The number of hydrogen-bond acceptors (Lipinski definition) is 8. The lowest BCUT2D eigenvalue weighted by atomic mass is 9.93. The minimum Gasteiger partial charge on any atom is -0.453 e. The second-order valence-corrected chi connectivity index (χ2v) is 22.5. The van der Waals surface area contributed by atoms with Gasteiger partial charge in [0.15, 0.2) is 14.4 Å². The summed E-state index contributed by atoms with van der Waals surface area (Å²) < 4.78 is 56.2. The second-order valence-electron chi connectivity index (χ2n) is 17.7. The number of nitrogens with zero attached hydrogens (tertiary/aromatic N) is 4. The first-order valence-corrected chi connectivity index (χ1v) is 22.0. The van der Waals surface area contributed by atoms with Crippen LogP contribution in [0.4, 0.5) is 13.6 Å². The Labute approximate surface area is 331 Å². The van der Waals surface area contributed by atoms with E-state index in [0.717, 1.165) is 23.8 Å². The number of imidazole rings is 1. The van der Waals surface area contributed by atoms with Gasteiger partial charge in [0.25, 0.3) is 5.91 Å². The fourth-order valence-electron chi connectivity index (χ4n) is 6.61. The molecule has 0 spiro atoms. The first kappa shape index (κ1) is 44.6. The standard InChI is InChI=1S/C42H60F2N4O7Si/c1-27(53-28(2)49)38(50)48(24-30-23-47(39(51)54-40(3,4)5)26-35(30)55-56(12,13)41(6,7)8)36(42(9,10)52-11)37-45-34(32-21-31(43)19-20-33(32)44)25-46(37)22-29-17-15-14-16-18-29/h14-21,25,27,30,35-36H,22-24,26H2,1-13H3/t27-,30-,35+,36-/m0/s1. The molecule has 0 radical (unpaired) electrons. The SMILES string of the molecule is COC(C)(C)[C@H](c1nc(-c2cc(F)ccc2F)cn1Cc1ccccc1)N(C[C@@H]1CN(C(=O)OC(C)(C)C)C[C@H]1O[Si](C)(C)C(C)(C)C)C(=O)[C@H](C)OC(C)=O. The van der Waals surface area contributed by atoms with E-state index in [0.29, 0.717) is 5.82 Å². The molecule has 0 bridgehead atoms. The lowest BCUT2D eigenvalue weighted by molar-refractivity contribution is -0.164. The van der Waals surface area contributed by atoms with Gasteiger partial charge in [-0.1, -0.05) is 51.1 Å². The lowest BCUT2D eigenvalue weighted by Gasteiger charge is -2.44. The van der Waals surface area contributed by atoms with Gasteiger partial charge in [-0.3, -0.25) is 9.59 Å². The maximum absolute atomic E-state index is 15.4. The van der Waals surface area contributed by atoms with Crippen LogP contribution in [0.15, 0.2) is 54.7 Å². The summed E-state index contributed by atoms with van der Waals surface area (Å²) >= 11 is 0. The monoisotopic (exact) mass is 798 g/mol. The average molecular weight is 799 g/mol. The molecule has 1 saturated heterocycles. The fourth-order valence-corrected chi connectivity index (χ4v) is 7.98. The number of likely N-dealkylation sites (tertiary alicyclic amines) is 1. The number of carbonyl (C=O) groups is 3. The molecule has 4 atom stereocenters. The highest BCUT2D eigenvalue weighted by Gasteiger charge is 2.49. The molecule has 2 amide bonds. The summed E-state index contributed by atoms with van der Waals surface area (Å²) in [5.74, 6) is -2.58. The predicted molar refractivity (Wildman–Crippen MR) is 213 cm³/mol. The molecule has 2 aromatic carbocycles. The topological polar surface area (TPSA) is 112 Å². The van der Waals surface area contributed by atoms with Gasteiger partial charge in [0, 0.05) is 57.9 Å². The van der Waals surface area contributed by atoms with E-state index in [9.17, 15) is 18.8 Å². The number of halogens is 2. The summed E-state index contributed by atoms with van der Waals surface area (Å²) in [6.45, 7) is 23.2. The van der Waals surface area contributed by atoms with Crippen LogP contribution in [0.1, 0.15) is 86.7 Å². The van der Waals surface area contributed by atoms with E-state index in [1.54, 1.807) is 36.8 Å². The van der Waals surface area contributed by atoms with E-state index in [4.69, 9.17) is 23.6 Å². The van der Waals surface area contributed by atoms with Crippen molar-refractivity contribution < 1.29 is 41.8 Å². The molecule has 14 heteroatoms. The number of esters is 1. The normalized spacial score (nSPS) is 17.7. The zero-order valence-electron chi connectivity index (χ0n) is 35.2. The minimum atomic E-state index is -2.43. The van der Waals surface area contributed by atoms with Gasteiger partial charge < -0.3 is 33.0 Å². The highest BCUT2D eigenvalue weighted by atomic mass is 28.4. The molecule has 11 nitrogen and oxygen atoms in total.